The van der Waals surface area contributed by atoms with E-state index in [0.29, 0.717) is 0 Å². The highest BCUT2D eigenvalue weighted by Gasteiger charge is 2.18. The average molecular weight is 238 g/mol. The van der Waals surface area contributed by atoms with E-state index >= 15 is 0 Å². The molecular weight excluding hydrogens is 228 g/mol. The molecule has 2 heterocycles. The summed E-state index contributed by atoms with van der Waals surface area (Å²) < 4.78 is 1.38. The van der Waals surface area contributed by atoms with Crippen LogP contribution in [-0.2, 0) is 6.54 Å². The zero-order valence-electron chi connectivity index (χ0n) is 8.67. The van der Waals surface area contributed by atoms with E-state index in [4.69, 9.17) is 15.9 Å². The van der Waals surface area contributed by atoms with E-state index in [9.17, 15) is 9.59 Å². The number of H-pyrrole nitrogens is 1. The zero-order valence-corrected chi connectivity index (χ0v) is 8.67. The molecule has 0 aliphatic rings. The number of aliphatic hydroxyl groups excluding tert-OH is 1. The van der Waals surface area contributed by atoms with Crippen molar-refractivity contribution in [3.63, 3.8) is 0 Å². The van der Waals surface area contributed by atoms with Gasteiger partial charge >= 0.3 is 5.97 Å². The van der Waals surface area contributed by atoms with Crippen molar-refractivity contribution in [2.75, 3.05) is 12.3 Å². The van der Waals surface area contributed by atoms with Gasteiger partial charge < -0.3 is 20.5 Å². The number of rotatable bonds is 3. The maximum Gasteiger partial charge on any atom is 0.338 e. The first kappa shape index (κ1) is 11.1. The summed E-state index contributed by atoms with van der Waals surface area (Å²) in [6.07, 6.45) is 1.25. The monoisotopic (exact) mass is 238 g/mol. The molecule has 8 heteroatoms. The van der Waals surface area contributed by atoms with Gasteiger partial charge in [0.15, 0.2) is 0 Å². The van der Waals surface area contributed by atoms with E-state index in [-0.39, 0.29) is 35.7 Å². The molecule has 0 saturated carbocycles. The second kappa shape index (κ2) is 3.91. The van der Waals surface area contributed by atoms with Gasteiger partial charge in [-0.2, -0.15) is 4.98 Å². The fourth-order valence-electron chi connectivity index (χ4n) is 1.65. The summed E-state index contributed by atoms with van der Waals surface area (Å²) in [5, 5.41) is 17.8. The number of carbonyl (C=O) groups is 1. The molecule has 0 radical (unpaired) electrons. The quantitative estimate of drug-likeness (QED) is 0.541. The van der Waals surface area contributed by atoms with Crippen molar-refractivity contribution in [1.82, 2.24) is 14.5 Å². The lowest BCUT2D eigenvalue weighted by Crippen LogP contribution is -2.13. The SMILES string of the molecule is Nc1nc2c(c(C(=O)O)cn2CCO)c(=O)[nH]1. The highest BCUT2D eigenvalue weighted by molar-refractivity contribution is 6.02. The number of aromatic carboxylic acids is 1. The van der Waals surface area contributed by atoms with Crippen molar-refractivity contribution in [2.24, 2.45) is 0 Å². The van der Waals surface area contributed by atoms with Crippen LogP contribution in [0.5, 0.6) is 0 Å². The van der Waals surface area contributed by atoms with Crippen molar-refractivity contribution in [3.8, 4) is 0 Å². The predicted octanol–water partition coefficient (Wildman–Crippen LogP) is -1.00. The average Bonchev–Trinajstić information content (AvgIpc) is 2.58. The summed E-state index contributed by atoms with van der Waals surface area (Å²) in [5.41, 5.74) is 4.76. The van der Waals surface area contributed by atoms with Gasteiger partial charge in [0.05, 0.1) is 17.6 Å². The number of carboxylic acids is 1. The van der Waals surface area contributed by atoms with Crippen LogP contribution < -0.4 is 11.3 Å². The molecular formula is C9H10N4O4. The highest BCUT2D eigenvalue weighted by Crippen LogP contribution is 2.16. The maximum atomic E-state index is 11.6. The van der Waals surface area contributed by atoms with Crippen molar-refractivity contribution < 1.29 is 15.0 Å². The summed E-state index contributed by atoms with van der Waals surface area (Å²) in [7, 11) is 0. The van der Waals surface area contributed by atoms with Crippen LogP contribution in [0.1, 0.15) is 10.4 Å². The highest BCUT2D eigenvalue weighted by atomic mass is 16.4. The number of anilines is 1. The Morgan fingerprint density at radius 1 is 1.59 bits per heavy atom. The van der Waals surface area contributed by atoms with Crippen molar-refractivity contribution in [3.05, 3.63) is 22.1 Å². The van der Waals surface area contributed by atoms with Gasteiger partial charge in [-0.05, 0) is 0 Å². The topological polar surface area (TPSA) is 134 Å². The van der Waals surface area contributed by atoms with E-state index in [1.165, 1.54) is 10.8 Å². The van der Waals surface area contributed by atoms with Crippen LogP contribution in [0, 0.1) is 0 Å². The molecule has 90 valence electrons. The normalized spacial score (nSPS) is 10.9. The molecule has 0 saturated heterocycles. The number of hydrogen-bond donors (Lipinski definition) is 4. The first-order valence-corrected chi connectivity index (χ1v) is 4.77. The van der Waals surface area contributed by atoms with Gasteiger partial charge in [-0.15, -0.1) is 0 Å². The van der Waals surface area contributed by atoms with Gasteiger partial charge in [0.1, 0.15) is 5.65 Å². The molecule has 0 amide bonds. The molecule has 0 fully saturated rings. The maximum absolute atomic E-state index is 11.6. The number of nitrogen functional groups attached to an aromatic ring is 1. The number of hydrogen-bond acceptors (Lipinski definition) is 5. The van der Waals surface area contributed by atoms with E-state index in [0.717, 1.165) is 0 Å². The molecule has 17 heavy (non-hydrogen) atoms. The second-order valence-corrected chi connectivity index (χ2v) is 3.41. The third-order valence-corrected chi connectivity index (χ3v) is 2.32. The summed E-state index contributed by atoms with van der Waals surface area (Å²) in [5.74, 6) is -1.33. The largest absolute Gasteiger partial charge is 0.478 e. The number of nitrogens with zero attached hydrogens (tertiary/aromatic N) is 2. The number of aliphatic hydroxyl groups is 1. The predicted molar refractivity (Wildman–Crippen MR) is 58.8 cm³/mol. The Balaban J connectivity index is 2.86. The number of nitrogens with one attached hydrogen (secondary N) is 1. The molecule has 0 atom stereocenters. The molecule has 0 aromatic carbocycles. The van der Waals surface area contributed by atoms with E-state index in [2.05, 4.69) is 9.97 Å². The lowest BCUT2D eigenvalue weighted by molar-refractivity contribution is 0.0698. The van der Waals surface area contributed by atoms with Crippen LogP contribution in [0.4, 0.5) is 5.95 Å². The van der Waals surface area contributed by atoms with Gasteiger partial charge in [-0.1, -0.05) is 0 Å². The Morgan fingerprint density at radius 3 is 2.88 bits per heavy atom. The lowest BCUT2D eigenvalue weighted by atomic mass is 10.2. The molecule has 8 nitrogen and oxygen atoms in total. The van der Waals surface area contributed by atoms with E-state index < -0.39 is 11.5 Å². The second-order valence-electron chi connectivity index (χ2n) is 3.41. The number of fused-ring (bicyclic) bond motifs is 1. The molecule has 2 aromatic rings. The van der Waals surface area contributed by atoms with Gasteiger partial charge in [-0.25, -0.2) is 4.79 Å². The fraction of sp³-hybridized carbons (Fsp3) is 0.222. The van der Waals surface area contributed by atoms with Crippen LogP contribution in [0.15, 0.2) is 11.0 Å². The third kappa shape index (κ3) is 1.74. The summed E-state index contributed by atoms with van der Waals surface area (Å²) in [4.78, 5) is 28.7. The van der Waals surface area contributed by atoms with E-state index in [1.54, 1.807) is 0 Å². The standard InChI is InChI=1S/C9H10N4O4/c10-9-11-6-5(7(15)12-9)4(8(16)17)3-13(6)1-2-14/h3,14H,1-2H2,(H,16,17)(H3,10,11,12,15). The number of aromatic amines is 1. The van der Waals surface area contributed by atoms with Crippen LogP contribution in [0.2, 0.25) is 0 Å². The molecule has 0 aliphatic heterocycles. The molecule has 0 bridgehead atoms. The van der Waals surface area contributed by atoms with Gasteiger partial charge in [0.25, 0.3) is 5.56 Å². The van der Waals surface area contributed by atoms with Crippen LogP contribution >= 0.6 is 0 Å². The molecule has 2 aromatic heterocycles. The first-order chi connectivity index (χ1) is 8.04. The van der Waals surface area contributed by atoms with Gasteiger partial charge in [-0.3, -0.25) is 9.78 Å². The minimum atomic E-state index is -1.23. The Bertz CT molecular complexity index is 642. The first-order valence-electron chi connectivity index (χ1n) is 4.77. The smallest absolute Gasteiger partial charge is 0.338 e. The fourth-order valence-corrected chi connectivity index (χ4v) is 1.65. The molecule has 2 rings (SSSR count). The molecule has 0 spiro atoms. The molecule has 5 N–H and O–H groups in total. The van der Waals surface area contributed by atoms with Crippen LogP contribution in [0.3, 0.4) is 0 Å². The Hall–Kier alpha value is -2.35. The number of aromatic nitrogens is 3. The van der Waals surface area contributed by atoms with Crippen LogP contribution in [-0.4, -0.2) is 37.3 Å². The molecule has 0 aliphatic carbocycles. The Kier molecular flexibility index (Phi) is 2.56. The van der Waals surface area contributed by atoms with Gasteiger partial charge in [0, 0.05) is 12.7 Å². The minimum Gasteiger partial charge on any atom is -0.478 e. The van der Waals surface area contributed by atoms with Gasteiger partial charge in [0.2, 0.25) is 5.95 Å². The third-order valence-electron chi connectivity index (χ3n) is 2.32. The van der Waals surface area contributed by atoms with Crippen molar-refractivity contribution in [1.29, 1.82) is 0 Å². The summed E-state index contributed by atoms with van der Waals surface area (Å²) >= 11 is 0. The lowest BCUT2D eigenvalue weighted by Gasteiger charge is -2.00. The Morgan fingerprint density at radius 2 is 2.29 bits per heavy atom. The Labute approximate surface area is 94.3 Å². The van der Waals surface area contributed by atoms with E-state index in [1.807, 2.05) is 0 Å². The number of nitrogens with two attached hydrogens (primary N) is 1. The van der Waals surface area contributed by atoms with Crippen molar-refractivity contribution in [2.45, 2.75) is 6.54 Å². The summed E-state index contributed by atoms with van der Waals surface area (Å²) in [6.45, 7) is -0.0586. The minimum absolute atomic E-state index is 0.0415. The number of carboxylic acid groups (broad SMARTS) is 1. The summed E-state index contributed by atoms with van der Waals surface area (Å²) in [6, 6.07) is 0. The molecule has 0 unspecified atom stereocenters. The van der Waals surface area contributed by atoms with Crippen molar-refractivity contribution >= 4 is 23.0 Å². The zero-order chi connectivity index (χ0) is 12.6. The van der Waals surface area contributed by atoms with Crippen LogP contribution in [0.25, 0.3) is 11.0 Å².